The Bertz CT molecular complexity index is 994. The maximum absolute atomic E-state index is 13.0. The van der Waals surface area contributed by atoms with Crippen molar-refractivity contribution in [2.75, 3.05) is 0 Å². The molecule has 2 aromatic heterocycles. The highest BCUT2D eigenvalue weighted by Gasteiger charge is 2.39. The zero-order valence-electron chi connectivity index (χ0n) is 16.0. The first-order valence-electron chi connectivity index (χ1n) is 8.95. The van der Waals surface area contributed by atoms with Crippen molar-refractivity contribution in [1.29, 1.82) is 0 Å². The van der Waals surface area contributed by atoms with Crippen molar-refractivity contribution in [2.24, 2.45) is 0 Å². The summed E-state index contributed by atoms with van der Waals surface area (Å²) in [7, 11) is 0. The lowest BCUT2D eigenvalue weighted by atomic mass is 10.1. The van der Waals surface area contributed by atoms with E-state index in [4.69, 9.17) is 11.6 Å². The second-order valence-electron chi connectivity index (χ2n) is 6.78. The SMILES string of the molecule is Cc1c(Cl)c(C(F)(F)F)nn1C(C)C(=O)NC(C)c1ccc(-n2cccc2)cc1. The highest BCUT2D eigenvalue weighted by molar-refractivity contribution is 6.32. The topological polar surface area (TPSA) is 51.9 Å². The molecular weight excluding hydrogens is 405 g/mol. The average molecular weight is 425 g/mol. The van der Waals surface area contributed by atoms with Crippen molar-refractivity contribution >= 4 is 17.5 Å². The molecule has 0 spiro atoms. The Balaban J connectivity index is 1.73. The van der Waals surface area contributed by atoms with Gasteiger partial charge in [-0.05, 0) is 50.6 Å². The highest BCUT2D eigenvalue weighted by Crippen LogP contribution is 2.36. The minimum absolute atomic E-state index is 0.0883. The van der Waals surface area contributed by atoms with E-state index in [9.17, 15) is 18.0 Å². The maximum atomic E-state index is 13.0. The molecule has 0 radical (unpaired) electrons. The molecule has 0 aliphatic heterocycles. The van der Waals surface area contributed by atoms with Crippen LogP contribution in [-0.4, -0.2) is 20.3 Å². The molecule has 1 N–H and O–H groups in total. The van der Waals surface area contributed by atoms with E-state index in [1.807, 2.05) is 53.4 Å². The lowest BCUT2D eigenvalue weighted by Crippen LogP contribution is -2.34. The molecule has 1 aromatic carbocycles. The Labute approximate surface area is 171 Å². The van der Waals surface area contributed by atoms with E-state index in [0.29, 0.717) is 0 Å². The zero-order valence-corrected chi connectivity index (χ0v) is 16.8. The summed E-state index contributed by atoms with van der Waals surface area (Å²) in [5, 5.41) is 5.84. The highest BCUT2D eigenvalue weighted by atomic mass is 35.5. The van der Waals surface area contributed by atoms with Crippen molar-refractivity contribution < 1.29 is 18.0 Å². The number of amides is 1. The van der Waals surface area contributed by atoms with E-state index in [-0.39, 0.29) is 11.7 Å². The molecule has 29 heavy (non-hydrogen) atoms. The minimum Gasteiger partial charge on any atom is -0.348 e. The zero-order chi connectivity index (χ0) is 21.3. The van der Waals surface area contributed by atoms with Crippen LogP contribution in [0.1, 0.15) is 42.9 Å². The van der Waals surface area contributed by atoms with Gasteiger partial charge < -0.3 is 9.88 Å². The average Bonchev–Trinajstić information content (AvgIpc) is 3.30. The smallest absolute Gasteiger partial charge is 0.348 e. The summed E-state index contributed by atoms with van der Waals surface area (Å²) in [6.45, 7) is 4.69. The van der Waals surface area contributed by atoms with E-state index in [2.05, 4.69) is 10.4 Å². The largest absolute Gasteiger partial charge is 0.436 e. The number of nitrogens with zero attached hydrogens (tertiary/aromatic N) is 3. The fraction of sp³-hybridized carbons (Fsp3) is 0.300. The maximum Gasteiger partial charge on any atom is 0.436 e. The van der Waals surface area contributed by atoms with E-state index in [1.54, 1.807) is 6.92 Å². The molecule has 3 rings (SSSR count). The second-order valence-corrected chi connectivity index (χ2v) is 7.16. The van der Waals surface area contributed by atoms with Gasteiger partial charge in [0, 0.05) is 18.1 Å². The van der Waals surface area contributed by atoms with Crippen LogP contribution < -0.4 is 5.32 Å². The van der Waals surface area contributed by atoms with Gasteiger partial charge in [-0.15, -0.1) is 0 Å². The predicted octanol–water partition coefficient (Wildman–Crippen LogP) is 5.09. The first-order valence-corrected chi connectivity index (χ1v) is 9.33. The number of halogens is 4. The fourth-order valence-corrected chi connectivity index (χ4v) is 3.26. The molecule has 0 bridgehead atoms. The molecule has 2 unspecified atom stereocenters. The Morgan fingerprint density at radius 1 is 1.14 bits per heavy atom. The molecule has 154 valence electrons. The minimum atomic E-state index is -4.68. The van der Waals surface area contributed by atoms with Crippen LogP contribution in [0.5, 0.6) is 0 Å². The summed E-state index contributed by atoms with van der Waals surface area (Å²) in [5.41, 5.74) is 0.745. The lowest BCUT2D eigenvalue weighted by molar-refractivity contribution is -0.141. The molecule has 5 nitrogen and oxygen atoms in total. The van der Waals surface area contributed by atoms with Crippen LogP contribution >= 0.6 is 11.6 Å². The molecule has 0 aliphatic rings. The summed E-state index contributed by atoms with van der Waals surface area (Å²) >= 11 is 5.77. The van der Waals surface area contributed by atoms with Crippen LogP contribution in [-0.2, 0) is 11.0 Å². The van der Waals surface area contributed by atoms with Crippen molar-refractivity contribution in [3.8, 4) is 5.69 Å². The number of carbonyl (C=O) groups excluding carboxylic acids is 1. The lowest BCUT2D eigenvalue weighted by Gasteiger charge is -2.19. The molecule has 9 heteroatoms. The van der Waals surface area contributed by atoms with Gasteiger partial charge in [0.05, 0.1) is 16.8 Å². The summed E-state index contributed by atoms with van der Waals surface area (Å²) in [5.74, 6) is -0.456. The number of nitrogens with one attached hydrogen (secondary N) is 1. The Morgan fingerprint density at radius 3 is 2.24 bits per heavy atom. The standard InChI is InChI=1S/C20H20ClF3N4O/c1-12(15-6-8-16(9-7-15)27-10-4-5-11-27)25-19(29)14(3)28-13(2)17(21)18(26-28)20(22,23)24/h4-12,14H,1-3H3,(H,25,29). The number of carbonyl (C=O) groups is 1. The van der Waals surface area contributed by atoms with Gasteiger partial charge in [-0.1, -0.05) is 23.7 Å². The summed E-state index contributed by atoms with van der Waals surface area (Å²) < 4.78 is 42.0. The van der Waals surface area contributed by atoms with Crippen LogP contribution in [0.4, 0.5) is 13.2 Å². The van der Waals surface area contributed by atoms with Gasteiger partial charge in [0.2, 0.25) is 5.91 Å². The third-order valence-electron chi connectivity index (χ3n) is 4.75. The molecule has 3 aromatic rings. The fourth-order valence-electron chi connectivity index (χ4n) is 3.03. The molecular formula is C20H20ClF3N4O. The summed E-state index contributed by atoms with van der Waals surface area (Å²) in [6, 6.07) is 10.2. The van der Waals surface area contributed by atoms with Crippen LogP contribution in [0.3, 0.4) is 0 Å². The normalized spacial score (nSPS) is 13.9. The van der Waals surface area contributed by atoms with Crippen LogP contribution in [0.15, 0.2) is 48.8 Å². The predicted molar refractivity (Wildman–Crippen MR) is 104 cm³/mol. The molecule has 0 saturated heterocycles. The van der Waals surface area contributed by atoms with Crippen LogP contribution in [0.25, 0.3) is 5.69 Å². The second kappa shape index (κ2) is 7.94. The Hall–Kier alpha value is -2.74. The van der Waals surface area contributed by atoms with Gasteiger partial charge in [0.1, 0.15) is 6.04 Å². The third kappa shape index (κ3) is 4.32. The van der Waals surface area contributed by atoms with E-state index >= 15 is 0 Å². The summed E-state index contributed by atoms with van der Waals surface area (Å²) in [4.78, 5) is 12.6. The van der Waals surface area contributed by atoms with Gasteiger partial charge in [-0.3, -0.25) is 9.48 Å². The first-order chi connectivity index (χ1) is 13.6. The molecule has 1 amide bonds. The van der Waals surface area contributed by atoms with E-state index in [1.165, 1.54) is 13.8 Å². The van der Waals surface area contributed by atoms with Gasteiger partial charge in [0.15, 0.2) is 5.69 Å². The Morgan fingerprint density at radius 2 is 1.72 bits per heavy atom. The third-order valence-corrected chi connectivity index (χ3v) is 5.20. The van der Waals surface area contributed by atoms with Gasteiger partial charge in [-0.2, -0.15) is 18.3 Å². The van der Waals surface area contributed by atoms with Crippen molar-refractivity contribution in [1.82, 2.24) is 19.7 Å². The number of rotatable bonds is 5. The first kappa shape index (κ1) is 21.0. The van der Waals surface area contributed by atoms with Gasteiger partial charge in [0.25, 0.3) is 0 Å². The monoisotopic (exact) mass is 424 g/mol. The van der Waals surface area contributed by atoms with Gasteiger partial charge >= 0.3 is 6.18 Å². The van der Waals surface area contributed by atoms with Crippen molar-refractivity contribution in [3.63, 3.8) is 0 Å². The Kier molecular flexibility index (Phi) is 5.75. The molecule has 2 atom stereocenters. The number of hydrogen-bond acceptors (Lipinski definition) is 2. The van der Waals surface area contributed by atoms with Gasteiger partial charge in [-0.25, -0.2) is 0 Å². The van der Waals surface area contributed by atoms with Crippen molar-refractivity contribution in [2.45, 2.75) is 39.0 Å². The number of benzene rings is 1. The molecule has 0 saturated carbocycles. The number of alkyl halides is 3. The van der Waals surface area contributed by atoms with Crippen molar-refractivity contribution in [3.05, 3.63) is 70.8 Å². The van der Waals surface area contributed by atoms with E-state index in [0.717, 1.165) is 15.9 Å². The number of aromatic nitrogens is 3. The van der Waals surface area contributed by atoms with Crippen LogP contribution in [0, 0.1) is 6.92 Å². The van der Waals surface area contributed by atoms with E-state index < -0.39 is 28.8 Å². The molecule has 0 fully saturated rings. The molecule has 2 heterocycles. The summed E-state index contributed by atoms with van der Waals surface area (Å²) in [6.07, 6.45) is -0.832. The van der Waals surface area contributed by atoms with Crippen LogP contribution in [0.2, 0.25) is 5.02 Å². The quantitative estimate of drug-likeness (QED) is 0.620. The number of hydrogen-bond donors (Lipinski definition) is 1. The molecule has 0 aliphatic carbocycles.